The maximum absolute atomic E-state index is 2.33. The zero-order chi connectivity index (χ0) is 14.7. The number of nitrogens with zero attached hydrogens (tertiary/aromatic N) is 2. The van der Waals surface area contributed by atoms with E-state index >= 15 is 0 Å². The van der Waals surface area contributed by atoms with Crippen molar-refractivity contribution in [3.63, 3.8) is 0 Å². The molecule has 20 heavy (non-hydrogen) atoms. The average molecular weight is 286 g/mol. The van der Waals surface area contributed by atoms with E-state index in [-0.39, 0.29) is 0 Å². The third kappa shape index (κ3) is 3.35. The minimum atomic E-state index is -0.415. The molecular formula is C16H24BN2P. The summed E-state index contributed by atoms with van der Waals surface area (Å²) in [5.74, 6) is 0. The van der Waals surface area contributed by atoms with Gasteiger partial charge in [0, 0.05) is 39.6 Å². The third-order valence-corrected chi connectivity index (χ3v) is 4.30. The molecule has 0 aliphatic rings. The van der Waals surface area contributed by atoms with Crippen molar-refractivity contribution in [3.8, 4) is 0 Å². The molecule has 0 saturated carbocycles. The quantitative estimate of drug-likeness (QED) is 0.617. The van der Waals surface area contributed by atoms with Gasteiger partial charge in [-0.15, -0.1) is 7.80 Å². The maximum Gasteiger partial charge on any atom is 0.135 e. The molecule has 0 aliphatic heterocycles. The van der Waals surface area contributed by atoms with Crippen LogP contribution in [0.5, 0.6) is 0 Å². The molecular weight excluding hydrogens is 262 g/mol. The minimum absolute atomic E-state index is 0.320. The van der Waals surface area contributed by atoms with Crippen LogP contribution in [-0.4, -0.2) is 35.8 Å². The lowest BCUT2D eigenvalue weighted by molar-refractivity contribution is 1.13. The van der Waals surface area contributed by atoms with Crippen molar-refractivity contribution >= 4 is 37.3 Å². The highest BCUT2D eigenvalue weighted by Gasteiger charge is 2.11. The van der Waals surface area contributed by atoms with E-state index in [1.54, 1.807) is 10.6 Å². The van der Waals surface area contributed by atoms with E-state index in [0.717, 1.165) is 0 Å². The van der Waals surface area contributed by atoms with Gasteiger partial charge in [-0.05, 0) is 48.5 Å². The molecule has 0 aliphatic carbocycles. The first kappa shape index (κ1) is 14.9. The Balaban J connectivity index is 2.19. The first-order valence-corrected chi connectivity index (χ1v) is 7.38. The Morgan fingerprint density at radius 1 is 0.650 bits per heavy atom. The van der Waals surface area contributed by atoms with Crippen molar-refractivity contribution in [1.29, 1.82) is 0 Å². The fourth-order valence-corrected chi connectivity index (χ4v) is 2.85. The Morgan fingerprint density at radius 2 is 0.950 bits per heavy atom. The molecule has 0 bridgehead atoms. The predicted octanol–water partition coefficient (Wildman–Crippen LogP) is 1.26. The molecule has 0 atom stereocenters. The summed E-state index contributed by atoms with van der Waals surface area (Å²) in [5, 5.41) is 3.14. The molecule has 0 heterocycles. The van der Waals surface area contributed by atoms with Crippen molar-refractivity contribution in [1.82, 2.24) is 0 Å². The Bertz CT molecular complexity index is 498. The molecule has 0 saturated heterocycles. The lowest BCUT2D eigenvalue weighted by Crippen LogP contribution is -2.14. The van der Waals surface area contributed by atoms with Gasteiger partial charge in [-0.25, -0.2) is 0 Å². The van der Waals surface area contributed by atoms with Crippen LogP contribution in [0.3, 0.4) is 0 Å². The van der Waals surface area contributed by atoms with Crippen LogP contribution in [-0.2, 0) is 0 Å². The summed E-state index contributed by atoms with van der Waals surface area (Å²) in [6.07, 6.45) is 0. The largest absolute Gasteiger partial charge is 0.378 e. The lowest BCUT2D eigenvalue weighted by Gasteiger charge is -2.16. The van der Waals surface area contributed by atoms with Crippen LogP contribution in [0.15, 0.2) is 48.5 Å². The Hall–Kier alpha value is -1.47. The van der Waals surface area contributed by atoms with Gasteiger partial charge in [0.1, 0.15) is 7.57 Å². The standard InChI is InChI=1S/C16H24BN2P/c1-18(2)13-5-9-15(10-6-13)20(17)16-11-7-14(8-12-16)19(3)4/h5-12,20H,1-4,17H3. The van der Waals surface area contributed by atoms with Gasteiger partial charge in [0.15, 0.2) is 0 Å². The van der Waals surface area contributed by atoms with E-state index < -0.39 is 7.80 Å². The first-order chi connectivity index (χ1) is 9.49. The lowest BCUT2D eigenvalue weighted by atomic mass is 10.3. The summed E-state index contributed by atoms with van der Waals surface area (Å²) in [7, 11) is 8.27. The molecule has 106 valence electrons. The maximum atomic E-state index is 2.33. The average Bonchev–Trinajstić information content (AvgIpc) is 2.46. The summed E-state index contributed by atoms with van der Waals surface area (Å²) >= 11 is 0. The molecule has 0 unspecified atom stereocenters. The van der Waals surface area contributed by atoms with Gasteiger partial charge in [-0.3, -0.25) is 0 Å². The Morgan fingerprint density at radius 3 is 1.20 bits per heavy atom. The molecule has 2 nitrogen and oxygen atoms in total. The number of anilines is 2. The summed E-state index contributed by atoms with van der Waals surface area (Å²) in [5.41, 5.74) is 2.57. The highest BCUT2D eigenvalue weighted by atomic mass is 31.1. The molecule has 0 N–H and O–H groups in total. The van der Waals surface area contributed by atoms with Crippen LogP contribution in [0, 0.1) is 0 Å². The van der Waals surface area contributed by atoms with E-state index in [0.29, 0.717) is 7.57 Å². The van der Waals surface area contributed by atoms with E-state index in [2.05, 4.69) is 86.5 Å². The Labute approximate surface area is 124 Å². The molecule has 2 aromatic carbocycles. The monoisotopic (exact) mass is 286 g/mol. The molecule has 2 aromatic rings. The van der Waals surface area contributed by atoms with Crippen LogP contribution < -0.4 is 20.4 Å². The van der Waals surface area contributed by atoms with Crippen LogP contribution in [0.1, 0.15) is 0 Å². The van der Waals surface area contributed by atoms with Gasteiger partial charge < -0.3 is 9.80 Å². The van der Waals surface area contributed by atoms with Crippen LogP contribution in [0.2, 0.25) is 0 Å². The van der Waals surface area contributed by atoms with Crippen molar-refractivity contribution in [3.05, 3.63) is 48.5 Å². The number of rotatable bonds is 4. The summed E-state index contributed by atoms with van der Waals surface area (Å²) < 4.78 is 0. The number of hydrogen-bond donors (Lipinski definition) is 0. The van der Waals surface area contributed by atoms with Crippen molar-refractivity contribution in [2.75, 3.05) is 38.0 Å². The topological polar surface area (TPSA) is 6.48 Å². The highest BCUT2D eigenvalue weighted by molar-refractivity contribution is 7.94. The molecule has 0 radical (unpaired) electrons. The van der Waals surface area contributed by atoms with Gasteiger partial charge in [0.05, 0.1) is 10.6 Å². The van der Waals surface area contributed by atoms with E-state index in [9.17, 15) is 0 Å². The van der Waals surface area contributed by atoms with Gasteiger partial charge in [-0.1, -0.05) is 0 Å². The summed E-state index contributed by atoms with van der Waals surface area (Å²) in [4.78, 5) is 4.31. The second kappa shape index (κ2) is 6.32. The molecule has 2 rings (SSSR count). The van der Waals surface area contributed by atoms with Crippen LogP contribution in [0.25, 0.3) is 0 Å². The fraction of sp³-hybridized carbons (Fsp3) is 0.250. The molecule has 0 fully saturated rings. The first-order valence-electron chi connectivity index (χ1n) is 6.38. The number of hydrogen-bond acceptors (Lipinski definition) is 2. The smallest absolute Gasteiger partial charge is 0.135 e. The SMILES string of the molecule is [BH3-][PH+](c1ccc(N(C)C)cc1)c1ccc(N(C)C)cc1. The van der Waals surface area contributed by atoms with Crippen LogP contribution in [0.4, 0.5) is 11.4 Å². The summed E-state index contributed by atoms with van der Waals surface area (Å²) in [6.45, 7) is 0. The van der Waals surface area contributed by atoms with Gasteiger partial charge in [0.2, 0.25) is 0 Å². The van der Waals surface area contributed by atoms with E-state index in [4.69, 9.17) is 0 Å². The molecule has 0 aromatic heterocycles. The van der Waals surface area contributed by atoms with E-state index in [1.165, 1.54) is 11.4 Å². The van der Waals surface area contributed by atoms with Gasteiger partial charge >= 0.3 is 0 Å². The fourth-order valence-electron chi connectivity index (χ4n) is 1.85. The van der Waals surface area contributed by atoms with Crippen molar-refractivity contribution < 1.29 is 0 Å². The van der Waals surface area contributed by atoms with Crippen molar-refractivity contribution in [2.24, 2.45) is 0 Å². The normalized spacial score (nSPS) is 10.7. The minimum Gasteiger partial charge on any atom is -0.378 e. The Kier molecular flexibility index (Phi) is 4.72. The third-order valence-electron chi connectivity index (χ3n) is 3.06. The molecule has 4 heteroatoms. The van der Waals surface area contributed by atoms with Gasteiger partial charge in [-0.2, -0.15) is 0 Å². The van der Waals surface area contributed by atoms with Crippen molar-refractivity contribution in [2.45, 2.75) is 0 Å². The second-order valence-electron chi connectivity index (χ2n) is 5.01. The van der Waals surface area contributed by atoms with Gasteiger partial charge in [0.25, 0.3) is 0 Å². The highest BCUT2D eigenvalue weighted by Crippen LogP contribution is 2.28. The van der Waals surface area contributed by atoms with Crippen LogP contribution >= 0.6 is 7.80 Å². The van der Waals surface area contributed by atoms with E-state index in [1.807, 2.05) is 0 Å². The zero-order valence-electron chi connectivity index (χ0n) is 12.0. The molecule has 0 amide bonds. The number of benzene rings is 2. The molecule has 0 spiro atoms. The summed E-state index contributed by atoms with van der Waals surface area (Å²) in [6, 6.07) is 18.3. The zero-order valence-corrected chi connectivity index (χ0v) is 13.0. The second-order valence-corrected chi connectivity index (χ2v) is 6.41. The predicted molar refractivity (Wildman–Crippen MR) is 99.1 cm³/mol.